The lowest BCUT2D eigenvalue weighted by Gasteiger charge is -2.32. The van der Waals surface area contributed by atoms with E-state index in [0.717, 1.165) is 49.6 Å². The Morgan fingerprint density at radius 3 is 3.00 bits per heavy atom. The molecule has 1 aliphatic rings. The molecule has 3 nitrogen and oxygen atoms in total. The second-order valence-electron chi connectivity index (χ2n) is 6.44. The highest BCUT2D eigenvalue weighted by molar-refractivity contribution is 7.12. The Balaban J connectivity index is 1.65. The van der Waals surface area contributed by atoms with Gasteiger partial charge in [-0.15, -0.1) is 11.3 Å². The number of fused-ring (bicyclic) bond motifs is 1. The number of rotatable bonds is 8. The predicted molar refractivity (Wildman–Crippen MR) is 105 cm³/mol. The molecule has 128 valence electrons. The monoisotopic (exact) mass is 341 g/mol. The van der Waals surface area contributed by atoms with Crippen molar-refractivity contribution in [1.29, 1.82) is 5.41 Å². The predicted octanol–water partition coefficient (Wildman–Crippen LogP) is 4.11. The van der Waals surface area contributed by atoms with Crippen molar-refractivity contribution in [3.8, 4) is 0 Å². The van der Waals surface area contributed by atoms with Crippen molar-refractivity contribution in [2.45, 2.75) is 32.6 Å². The number of aryl methyl sites for hydroxylation is 1. The molecule has 3 rings (SSSR count). The zero-order valence-electron chi connectivity index (χ0n) is 14.5. The van der Waals surface area contributed by atoms with Crippen LogP contribution in [0, 0.1) is 5.41 Å². The van der Waals surface area contributed by atoms with E-state index in [1.165, 1.54) is 29.7 Å². The number of anilines is 1. The summed E-state index contributed by atoms with van der Waals surface area (Å²) in [4.78, 5) is 3.59. The van der Waals surface area contributed by atoms with Crippen LogP contribution in [0.25, 0.3) is 0 Å². The molecule has 0 unspecified atom stereocenters. The summed E-state index contributed by atoms with van der Waals surface area (Å²) in [5, 5.41) is 13.8. The van der Waals surface area contributed by atoms with Crippen LogP contribution in [-0.2, 0) is 12.8 Å². The van der Waals surface area contributed by atoms with Crippen molar-refractivity contribution >= 4 is 22.7 Å². The molecule has 0 amide bonds. The van der Waals surface area contributed by atoms with Gasteiger partial charge in [-0.25, -0.2) is 0 Å². The third kappa shape index (κ3) is 4.25. The molecule has 2 N–H and O–H groups in total. The highest BCUT2D eigenvalue weighted by Crippen LogP contribution is 2.28. The van der Waals surface area contributed by atoms with Gasteiger partial charge in [-0.2, -0.15) is 0 Å². The lowest BCUT2D eigenvalue weighted by molar-refractivity contribution is 0.625. The number of nitrogens with one attached hydrogen (secondary N) is 2. The molecule has 4 heteroatoms. The summed E-state index contributed by atoms with van der Waals surface area (Å²) in [6.07, 6.45) is 4.31. The molecule has 1 aromatic carbocycles. The Bertz CT molecular complexity index is 664. The topological polar surface area (TPSA) is 39.1 Å². The van der Waals surface area contributed by atoms with Crippen LogP contribution >= 0.6 is 11.3 Å². The van der Waals surface area contributed by atoms with Crippen molar-refractivity contribution in [3.63, 3.8) is 0 Å². The van der Waals surface area contributed by atoms with Crippen molar-refractivity contribution in [2.24, 2.45) is 0 Å². The van der Waals surface area contributed by atoms with Crippen LogP contribution in [-0.4, -0.2) is 31.9 Å². The van der Waals surface area contributed by atoms with Gasteiger partial charge in [0.2, 0.25) is 0 Å². The molecule has 1 aliphatic heterocycles. The van der Waals surface area contributed by atoms with Crippen molar-refractivity contribution in [1.82, 2.24) is 5.32 Å². The summed E-state index contributed by atoms with van der Waals surface area (Å²) in [5.41, 5.74) is 4.83. The Labute approximate surface area is 149 Å². The minimum atomic E-state index is 0.724. The second-order valence-corrected chi connectivity index (χ2v) is 7.38. The molecule has 0 aliphatic carbocycles. The normalized spacial score (nSPS) is 13.8. The lowest BCUT2D eigenvalue weighted by Crippen LogP contribution is -2.36. The Kier molecular flexibility index (Phi) is 6.05. The van der Waals surface area contributed by atoms with Crippen LogP contribution in [0.1, 0.15) is 35.8 Å². The van der Waals surface area contributed by atoms with Gasteiger partial charge in [0.05, 0.1) is 5.71 Å². The molecule has 0 fully saturated rings. The van der Waals surface area contributed by atoms with Gasteiger partial charge in [-0.05, 0) is 54.4 Å². The third-order valence-electron chi connectivity index (χ3n) is 4.54. The standard InChI is InChI=1S/C20H27N3S/c1-2-9-22-10-12-23-11-3-5-17-14-16(7-8-19(17)23)15-18(21)20-6-4-13-24-20/h4,6-8,13-14,21-22H,2-3,5,9-12,15H2,1H3. The molecule has 24 heavy (non-hydrogen) atoms. The molecular formula is C20H27N3S. The van der Waals surface area contributed by atoms with Gasteiger partial charge in [0.1, 0.15) is 0 Å². The lowest BCUT2D eigenvalue weighted by atomic mass is 9.97. The molecule has 1 aromatic heterocycles. The zero-order valence-corrected chi connectivity index (χ0v) is 15.3. The van der Waals surface area contributed by atoms with E-state index in [-0.39, 0.29) is 0 Å². The van der Waals surface area contributed by atoms with Crippen LogP contribution < -0.4 is 10.2 Å². The summed E-state index contributed by atoms with van der Waals surface area (Å²) >= 11 is 1.65. The zero-order chi connectivity index (χ0) is 16.8. The first-order chi connectivity index (χ1) is 11.8. The maximum Gasteiger partial charge on any atom is 0.0529 e. The van der Waals surface area contributed by atoms with E-state index < -0.39 is 0 Å². The highest BCUT2D eigenvalue weighted by atomic mass is 32.1. The molecule has 0 radical (unpaired) electrons. The number of hydrogen-bond donors (Lipinski definition) is 2. The van der Waals surface area contributed by atoms with Gasteiger partial charge in [0.15, 0.2) is 0 Å². The van der Waals surface area contributed by atoms with Crippen LogP contribution in [0.2, 0.25) is 0 Å². The maximum atomic E-state index is 8.29. The first-order valence-corrected chi connectivity index (χ1v) is 9.84. The fraction of sp³-hybridized carbons (Fsp3) is 0.450. The minimum absolute atomic E-state index is 0.724. The number of nitrogens with zero attached hydrogens (tertiary/aromatic N) is 1. The van der Waals surface area contributed by atoms with Crippen molar-refractivity contribution in [2.75, 3.05) is 31.1 Å². The van der Waals surface area contributed by atoms with E-state index in [0.29, 0.717) is 0 Å². The van der Waals surface area contributed by atoms with Crippen molar-refractivity contribution < 1.29 is 0 Å². The van der Waals surface area contributed by atoms with E-state index in [1.807, 2.05) is 17.5 Å². The molecule has 0 bridgehead atoms. The van der Waals surface area contributed by atoms with Crippen LogP contribution in [0.4, 0.5) is 5.69 Å². The first kappa shape index (κ1) is 17.2. The Morgan fingerprint density at radius 2 is 2.21 bits per heavy atom. The summed E-state index contributed by atoms with van der Waals surface area (Å²) in [6, 6.07) is 10.9. The van der Waals surface area contributed by atoms with Crippen LogP contribution in [0.3, 0.4) is 0 Å². The first-order valence-electron chi connectivity index (χ1n) is 8.96. The third-order valence-corrected chi connectivity index (χ3v) is 5.47. The molecule has 0 saturated heterocycles. The van der Waals surface area contributed by atoms with E-state index in [4.69, 9.17) is 5.41 Å². The fourth-order valence-corrected chi connectivity index (χ4v) is 4.00. The van der Waals surface area contributed by atoms with E-state index in [2.05, 4.69) is 35.3 Å². The fourth-order valence-electron chi connectivity index (χ4n) is 3.33. The van der Waals surface area contributed by atoms with Gasteiger partial charge >= 0.3 is 0 Å². The maximum absolute atomic E-state index is 8.29. The molecule has 0 saturated carbocycles. The van der Waals surface area contributed by atoms with E-state index in [1.54, 1.807) is 11.3 Å². The van der Waals surface area contributed by atoms with Gasteiger partial charge in [-0.1, -0.05) is 25.1 Å². The molecular weight excluding hydrogens is 314 g/mol. The average molecular weight is 342 g/mol. The Hall–Kier alpha value is -1.65. The molecule has 0 spiro atoms. The average Bonchev–Trinajstić information content (AvgIpc) is 3.13. The number of benzene rings is 1. The van der Waals surface area contributed by atoms with E-state index in [9.17, 15) is 0 Å². The van der Waals surface area contributed by atoms with Gasteiger partial charge < -0.3 is 15.6 Å². The van der Waals surface area contributed by atoms with Crippen LogP contribution in [0.15, 0.2) is 35.7 Å². The number of thiophene rings is 1. The Morgan fingerprint density at radius 1 is 1.29 bits per heavy atom. The summed E-state index contributed by atoms with van der Waals surface area (Å²) in [7, 11) is 0. The number of hydrogen-bond acceptors (Lipinski definition) is 4. The second kappa shape index (κ2) is 8.45. The van der Waals surface area contributed by atoms with E-state index >= 15 is 0 Å². The smallest absolute Gasteiger partial charge is 0.0529 e. The van der Waals surface area contributed by atoms with Gasteiger partial charge in [0.25, 0.3) is 0 Å². The minimum Gasteiger partial charge on any atom is -0.370 e. The van der Waals surface area contributed by atoms with Gasteiger partial charge in [0, 0.05) is 36.6 Å². The quantitative estimate of drug-likeness (QED) is 0.560. The SMILES string of the molecule is CCCNCCN1CCCc2cc(CC(=N)c3cccs3)ccc21. The van der Waals surface area contributed by atoms with Crippen molar-refractivity contribution in [3.05, 3.63) is 51.7 Å². The highest BCUT2D eigenvalue weighted by Gasteiger charge is 2.17. The summed E-state index contributed by atoms with van der Waals surface area (Å²) < 4.78 is 0. The van der Waals surface area contributed by atoms with Gasteiger partial charge in [-0.3, -0.25) is 0 Å². The molecule has 2 aromatic rings. The molecule has 0 atom stereocenters. The largest absolute Gasteiger partial charge is 0.370 e. The van der Waals surface area contributed by atoms with Crippen LogP contribution in [0.5, 0.6) is 0 Å². The summed E-state index contributed by atoms with van der Waals surface area (Å²) in [5.74, 6) is 0. The molecule has 2 heterocycles. The summed E-state index contributed by atoms with van der Waals surface area (Å²) in [6.45, 7) is 6.60.